The fraction of sp³-hybridized carbons (Fsp3) is 0.500. The molecule has 0 unspecified atom stereocenters. The van der Waals surface area contributed by atoms with E-state index in [9.17, 15) is 0 Å². The normalized spacial score (nSPS) is 11.4. The van der Waals surface area contributed by atoms with Crippen LogP contribution < -0.4 is 5.32 Å². The van der Waals surface area contributed by atoms with Crippen LogP contribution in [0.5, 0.6) is 0 Å². The van der Waals surface area contributed by atoms with Crippen LogP contribution in [0.3, 0.4) is 0 Å². The molecule has 100 valence electrons. The Labute approximate surface area is 117 Å². The van der Waals surface area contributed by atoms with E-state index in [2.05, 4.69) is 27.3 Å². The summed E-state index contributed by atoms with van der Waals surface area (Å²) in [5.41, 5.74) is 1.05. The summed E-state index contributed by atoms with van der Waals surface area (Å²) in [6, 6.07) is 0. The summed E-state index contributed by atoms with van der Waals surface area (Å²) in [5, 5.41) is 6.89. The van der Waals surface area contributed by atoms with Gasteiger partial charge >= 0.3 is 0 Å². The Hall–Kier alpha value is -1.07. The summed E-state index contributed by atoms with van der Waals surface area (Å²) in [5.74, 6) is 0.810. The van der Waals surface area contributed by atoms with Gasteiger partial charge in [0.05, 0.1) is 23.8 Å². The van der Waals surface area contributed by atoms with Crippen molar-refractivity contribution in [3.8, 4) is 0 Å². The van der Waals surface area contributed by atoms with Gasteiger partial charge in [-0.25, -0.2) is 9.98 Å². The highest BCUT2D eigenvalue weighted by Crippen LogP contribution is 2.10. The van der Waals surface area contributed by atoms with E-state index in [4.69, 9.17) is 11.6 Å². The molecule has 1 rings (SSSR count). The Morgan fingerprint density at radius 3 is 2.89 bits per heavy atom. The number of thiazole rings is 1. The molecule has 0 saturated heterocycles. The average molecular weight is 287 g/mol. The van der Waals surface area contributed by atoms with Crippen molar-refractivity contribution in [1.82, 2.24) is 15.2 Å². The van der Waals surface area contributed by atoms with Gasteiger partial charge < -0.3 is 10.2 Å². The zero-order valence-corrected chi connectivity index (χ0v) is 12.6. The first kappa shape index (κ1) is 15.0. The zero-order chi connectivity index (χ0) is 13.5. The van der Waals surface area contributed by atoms with E-state index in [1.165, 1.54) is 0 Å². The summed E-state index contributed by atoms with van der Waals surface area (Å²) in [6.45, 7) is 9.64. The predicted molar refractivity (Wildman–Crippen MR) is 79.3 cm³/mol. The molecule has 18 heavy (non-hydrogen) atoms. The molecular formula is C12H19ClN4S. The first-order valence-corrected chi connectivity index (χ1v) is 7.02. The number of halogens is 1. The highest BCUT2D eigenvalue weighted by Gasteiger charge is 2.08. The van der Waals surface area contributed by atoms with Gasteiger partial charge in [-0.15, -0.1) is 11.3 Å². The van der Waals surface area contributed by atoms with Crippen molar-refractivity contribution >= 4 is 28.9 Å². The molecule has 0 fully saturated rings. The number of aryl methyl sites for hydroxylation is 1. The van der Waals surface area contributed by atoms with Crippen LogP contribution in [-0.4, -0.2) is 36.0 Å². The smallest absolute Gasteiger partial charge is 0.194 e. The lowest BCUT2D eigenvalue weighted by atomic mass is 10.4. The number of guanidine groups is 1. The topological polar surface area (TPSA) is 40.5 Å². The Balaban J connectivity index is 2.66. The third kappa shape index (κ3) is 5.06. The molecular weight excluding hydrogens is 268 g/mol. The van der Waals surface area contributed by atoms with Crippen molar-refractivity contribution in [3.05, 3.63) is 27.7 Å². The molecule has 0 spiro atoms. The van der Waals surface area contributed by atoms with E-state index < -0.39 is 0 Å². The number of hydrogen-bond acceptors (Lipinski definition) is 3. The molecule has 1 aromatic rings. The van der Waals surface area contributed by atoms with Crippen molar-refractivity contribution < 1.29 is 0 Å². The Morgan fingerprint density at radius 1 is 1.67 bits per heavy atom. The molecule has 0 saturated carbocycles. The van der Waals surface area contributed by atoms with E-state index >= 15 is 0 Å². The molecule has 0 bridgehead atoms. The highest BCUT2D eigenvalue weighted by molar-refractivity contribution is 7.09. The van der Waals surface area contributed by atoms with Crippen LogP contribution >= 0.6 is 22.9 Å². The SMILES string of the molecule is C=C(Cl)CN=C(NCC)N(C)Cc1csc(C)n1. The van der Waals surface area contributed by atoms with E-state index in [1.54, 1.807) is 11.3 Å². The van der Waals surface area contributed by atoms with Gasteiger partial charge in [-0.05, 0) is 13.8 Å². The van der Waals surface area contributed by atoms with Crippen molar-refractivity contribution in [2.75, 3.05) is 20.1 Å². The van der Waals surface area contributed by atoms with Gasteiger partial charge in [0.15, 0.2) is 5.96 Å². The van der Waals surface area contributed by atoms with Gasteiger partial charge in [-0.2, -0.15) is 0 Å². The molecule has 0 aliphatic carbocycles. The fourth-order valence-electron chi connectivity index (χ4n) is 1.43. The van der Waals surface area contributed by atoms with Crippen LogP contribution in [0.4, 0.5) is 0 Å². The summed E-state index contributed by atoms with van der Waals surface area (Å²) in [7, 11) is 1.98. The second-order valence-electron chi connectivity index (χ2n) is 3.90. The number of nitrogens with one attached hydrogen (secondary N) is 1. The second-order valence-corrected chi connectivity index (χ2v) is 5.50. The Kier molecular flexibility index (Phi) is 6.15. The first-order chi connectivity index (χ1) is 8.52. The van der Waals surface area contributed by atoms with Gasteiger partial charge in [0.25, 0.3) is 0 Å². The maximum atomic E-state index is 5.73. The average Bonchev–Trinajstić information content (AvgIpc) is 2.69. The van der Waals surface area contributed by atoms with Crippen LogP contribution in [0.25, 0.3) is 0 Å². The monoisotopic (exact) mass is 286 g/mol. The molecule has 0 aliphatic rings. The van der Waals surface area contributed by atoms with Gasteiger partial charge in [0.1, 0.15) is 0 Å². The largest absolute Gasteiger partial charge is 0.357 e. The minimum absolute atomic E-state index is 0.421. The van der Waals surface area contributed by atoms with Gasteiger partial charge in [-0.1, -0.05) is 18.2 Å². The predicted octanol–water partition coefficient (Wildman–Crippen LogP) is 2.60. The van der Waals surface area contributed by atoms with Crippen molar-refractivity contribution in [1.29, 1.82) is 0 Å². The van der Waals surface area contributed by atoms with Gasteiger partial charge in [-0.3, -0.25) is 0 Å². The highest BCUT2D eigenvalue weighted by atomic mass is 35.5. The lowest BCUT2D eigenvalue weighted by molar-refractivity contribution is 0.472. The number of nitrogens with zero attached hydrogens (tertiary/aromatic N) is 3. The van der Waals surface area contributed by atoms with Gasteiger partial charge in [0.2, 0.25) is 0 Å². The van der Waals surface area contributed by atoms with Crippen molar-refractivity contribution in [2.24, 2.45) is 4.99 Å². The molecule has 0 atom stereocenters. The van der Waals surface area contributed by atoms with Crippen molar-refractivity contribution in [2.45, 2.75) is 20.4 Å². The number of hydrogen-bond donors (Lipinski definition) is 1. The Bertz CT molecular complexity index is 427. The number of rotatable bonds is 5. The van der Waals surface area contributed by atoms with E-state index in [0.717, 1.165) is 29.8 Å². The molecule has 1 heterocycles. The third-order valence-electron chi connectivity index (χ3n) is 2.16. The van der Waals surface area contributed by atoms with Gasteiger partial charge in [0, 0.05) is 24.0 Å². The second kappa shape index (κ2) is 7.38. The first-order valence-electron chi connectivity index (χ1n) is 5.76. The van der Waals surface area contributed by atoms with Crippen LogP contribution in [0, 0.1) is 6.92 Å². The molecule has 1 aromatic heterocycles. The molecule has 0 aliphatic heterocycles. The van der Waals surface area contributed by atoms with Crippen LogP contribution in [0.1, 0.15) is 17.6 Å². The summed E-state index contributed by atoms with van der Waals surface area (Å²) >= 11 is 7.39. The van der Waals surface area contributed by atoms with E-state index in [0.29, 0.717) is 11.6 Å². The Morgan fingerprint density at radius 2 is 2.39 bits per heavy atom. The standard InChI is InChI=1S/C12H19ClN4S/c1-5-14-12(15-6-9(2)13)17(4)7-11-8-18-10(3)16-11/h8H,2,5-7H2,1,3-4H3,(H,14,15). The van der Waals surface area contributed by atoms with Crippen LogP contribution in [-0.2, 0) is 6.54 Å². The molecule has 0 radical (unpaired) electrons. The van der Waals surface area contributed by atoms with Crippen LogP contribution in [0.15, 0.2) is 22.0 Å². The van der Waals surface area contributed by atoms with E-state index in [-0.39, 0.29) is 0 Å². The van der Waals surface area contributed by atoms with Crippen LogP contribution in [0.2, 0.25) is 0 Å². The minimum Gasteiger partial charge on any atom is -0.357 e. The third-order valence-corrected chi connectivity index (χ3v) is 3.10. The minimum atomic E-state index is 0.421. The van der Waals surface area contributed by atoms with E-state index in [1.807, 2.05) is 25.8 Å². The zero-order valence-electron chi connectivity index (χ0n) is 11.0. The maximum Gasteiger partial charge on any atom is 0.194 e. The maximum absolute atomic E-state index is 5.73. The molecule has 6 heteroatoms. The molecule has 1 N–H and O–H groups in total. The quantitative estimate of drug-likeness (QED) is 0.668. The summed E-state index contributed by atoms with van der Waals surface area (Å²) in [4.78, 5) is 10.9. The molecule has 0 amide bonds. The molecule has 0 aromatic carbocycles. The molecule has 4 nitrogen and oxygen atoms in total. The lowest BCUT2D eigenvalue weighted by Crippen LogP contribution is -2.38. The lowest BCUT2D eigenvalue weighted by Gasteiger charge is -2.21. The summed E-state index contributed by atoms with van der Waals surface area (Å²) in [6.07, 6.45) is 0. The van der Waals surface area contributed by atoms with Crippen molar-refractivity contribution in [3.63, 3.8) is 0 Å². The number of aliphatic imine (C=N–C) groups is 1. The summed E-state index contributed by atoms with van der Waals surface area (Å²) < 4.78 is 0. The number of aromatic nitrogens is 1. The fourth-order valence-corrected chi connectivity index (χ4v) is 2.09.